The largest absolute Gasteiger partial charge is 0.462 e. The fraction of sp³-hybridized carbons (Fsp3) is 0.188. The molecule has 0 aliphatic carbocycles. The molecule has 2 aromatic heterocycles. The van der Waals surface area contributed by atoms with E-state index >= 15 is 0 Å². The van der Waals surface area contributed by atoms with E-state index in [1.807, 2.05) is 30.6 Å². The fourth-order valence-corrected chi connectivity index (χ4v) is 2.95. The van der Waals surface area contributed by atoms with Gasteiger partial charge in [0.2, 0.25) is 0 Å². The maximum Gasteiger partial charge on any atom is 0.162 e. The molecular weight excluding hydrogens is 287 g/mol. The second-order valence-corrected chi connectivity index (χ2v) is 5.78. The summed E-state index contributed by atoms with van der Waals surface area (Å²) in [6.07, 6.45) is 1.65. The van der Waals surface area contributed by atoms with Crippen LogP contribution in [0.5, 0.6) is 0 Å². The third kappa shape index (κ3) is 3.56. The van der Waals surface area contributed by atoms with Gasteiger partial charge in [0.05, 0.1) is 12.0 Å². The Morgan fingerprint density at radius 2 is 2.14 bits per heavy atom. The van der Waals surface area contributed by atoms with Crippen LogP contribution in [0, 0.1) is 5.82 Å². The summed E-state index contributed by atoms with van der Waals surface area (Å²) in [5, 5.41) is 2.91. The molecule has 2 heterocycles. The van der Waals surface area contributed by atoms with E-state index in [2.05, 4.69) is 9.88 Å². The third-order valence-electron chi connectivity index (χ3n) is 3.06. The van der Waals surface area contributed by atoms with E-state index < -0.39 is 0 Å². The summed E-state index contributed by atoms with van der Waals surface area (Å²) >= 11 is 1.57. The van der Waals surface area contributed by atoms with Gasteiger partial charge in [0, 0.05) is 18.5 Å². The Morgan fingerprint density at radius 1 is 1.24 bits per heavy atom. The minimum absolute atomic E-state index is 0.199. The van der Waals surface area contributed by atoms with Crippen LogP contribution < -0.4 is 0 Å². The lowest BCUT2D eigenvalue weighted by Crippen LogP contribution is -2.17. The van der Waals surface area contributed by atoms with Crippen molar-refractivity contribution in [3.8, 4) is 10.8 Å². The molecule has 0 bridgehead atoms. The second kappa shape index (κ2) is 6.20. The van der Waals surface area contributed by atoms with Gasteiger partial charge in [0.25, 0.3) is 0 Å². The first-order chi connectivity index (χ1) is 10.2. The molecule has 0 amide bonds. The van der Waals surface area contributed by atoms with Crippen LogP contribution in [-0.4, -0.2) is 16.9 Å². The van der Waals surface area contributed by atoms with Gasteiger partial charge in [-0.3, -0.25) is 4.90 Å². The Labute approximate surface area is 126 Å². The molecule has 0 saturated carbocycles. The van der Waals surface area contributed by atoms with Gasteiger partial charge in [-0.25, -0.2) is 9.37 Å². The van der Waals surface area contributed by atoms with Crippen LogP contribution in [0.15, 0.2) is 52.5 Å². The lowest BCUT2D eigenvalue weighted by atomic mass is 10.2. The van der Waals surface area contributed by atoms with Crippen LogP contribution in [0.1, 0.15) is 11.3 Å². The Morgan fingerprint density at radius 3 is 2.90 bits per heavy atom. The highest BCUT2D eigenvalue weighted by Gasteiger charge is 2.09. The third-order valence-corrected chi connectivity index (χ3v) is 3.96. The topological polar surface area (TPSA) is 29.3 Å². The van der Waals surface area contributed by atoms with E-state index in [4.69, 9.17) is 4.42 Å². The smallest absolute Gasteiger partial charge is 0.162 e. The van der Waals surface area contributed by atoms with Crippen molar-refractivity contribution < 1.29 is 8.81 Å². The van der Waals surface area contributed by atoms with Crippen molar-refractivity contribution in [2.45, 2.75) is 13.1 Å². The molecule has 1 aromatic carbocycles. The number of furan rings is 1. The maximum absolute atomic E-state index is 13.2. The molecule has 5 heteroatoms. The highest BCUT2D eigenvalue weighted by Crippen LogP contribution is 2.24. The SMILES string of the molecule is CN(Cc1cccc(F)c1)Cc1csc(-c2ccco2)n1. The van der Waals surface area contributed by atoms with E-state index in [0.29, 0.717) is 13.1 Å². The van der Waals surface area contributed by atoms with Crippen molar-refractivity contribution >= 4 is 11.3 Å². The molecule has 0 aliphatic heterocycles. The van der Waals surface area contributed by atoms with Crippen molar-refractivity contribution in [1.82, 2.24) is 9.88 Å². The molecule has 0 unspecified atom stereocenters. The van der Waals surface area contributed by atoms with Crippen molar-refractivity contribution in [2.75, 3.05) is 7.05 Å². The zero-order chi connectivity index (χ0) is 14.7. The standard InChI is InChI=1S/C16H15FN2OS/c1-19(9-12-4-2-5-13(17)8-12)10-14-11-21-16(18-14)15-6-3-7-20-15/h2-8,11H,9-10H2,1H3. The summed E-state index contributed by atoms with van der Waals surface area (Å²) in [6.45, 7) is 1.40. The molecule has 0 spiro atoms. The number of nitrogens with zero attached hydrogens (tertiary/aromatic N) is 2. The van der Waals surface area contributed by atoms with Crippen LogP contribution in [0.25, 0.3) is 10.8 Å². The maximum atomic E-state index is 13.2. The van der Waals surface area contributed by atoms with E-state index in [0.717, 1.165) is 22.0 Å². The lowest BCUT2D eigenvalue weighted by Gasteiger charge is -2.15. The molecular formula is C16H15FN2OS. The summed E-state index contributed by atoms with van der Waals surface area (Å²) in [5.74, 6) is 0.591. The summed E-state index contributed by atoms with van der Waals surface area (Å²) < 4.78 is 18.5. The first-order valence-corrected chi connectivity index (χ1v) is 7.50. The van der Waals surface area contributed by atoms with Crippen LogP contribution in [0.4, 0.5) is 4.39 Å². The minimum atomic E-state index is -0.199. The number of hydrogen-bond donors (Lipinski definition) is 0. The predicted octanol–water partition coefficient (Wildman–Crippen LogP) is 4.17. The van der Waals surface area contributed by atoms with Crippen molar-refractivity contribution in [1.29, 1.82) is 0 Å². The zero-order valence-electron chi connectivity index (χ0n) is 11.6. The molecule has 21 heavy (non-hydrogen) atoms. The molecule has 3 rings (SSSR count). The fourth-order valence-electron chi connectivity index (χ4n) is 2.17. The van der Waals surface area contributed by atoms with Crippen molar-refractivity contribution in [3.05, 3.63) is 65.1 Å². The number of benzene rings is 1. The molecule has 0 saturated heterocycles. The monoisotopic (exact) mass is 302 g/mol. The average molecular weight is 302 g/mol. The van der Waals surface area contributed by atoms with Crippen LogP contribution >= 0.6 is 11.3 Å². The lowest BCUT2D eigenvalue weighted by molar-refractivity contribution is 0.315. The van der Waals surface area contributed by atoms with Crippen molar-refractivity contribution in [2.24, 2.45) is 0 Å². The first kappa shape index (κ1) is 14.0. The highest BCUT2D eigenvalue weighted by molar-refractivity contribution is 7.13. The summed E-state index contributed by atoms with van der Waals surface area (Å²) in [5.41, 5.74) is 1.95. The van der Waals surface area contributed by atoms with E-state index in [9.17, 15) is 4.39 Å². The molecule has 108 valence electrons. The van der Waals surface area contributed by atoms with Crippen LogP contribution in [0.3, 0.4) is 0 Å². The van der Waals surface area contributed by atoms with Gasteiger partial charge in [-0.1, -0.05) is 12.1 Å². The molecule has 0 atom stereocenters. The number of halogens is 1. The van der Waals surface area contributed by atoms with Crippen LogP contribution in [0.2, 0.25) is 0 Å². The molecule has 0 N–H and O–H groups in total. The summed E-state index contributed by atoms with van der Waals surface area (Å²) in [7, 11) is 2.00. The van der Waals surface area contributed by atoms with Gasteiger partial charge in [0.15, 0.2) is 10.8 Å². The average Bonchev–Trinajstić information content (AvgIpc) is 3.08. The van der Waals surface area contributed by atoms with Gasteiger partial charge < -0.3 is 4.42 Å². The second-order valence-electron chi connectivity index (χ2n) is 4.92. The van der Waals surface area contributed by atoms with Gasteiger partial charge in [-0.2, -0.15) is 0 Å². The van der Waals surface area contributed by atoms with Gasteiger partial charge in [0.1, 0.15) is 5.82 Å². The normalized spacial score (nSPS) is 11.2. The number of aromatic nitrogens is 1. The summed E-state index contributed by atoms with van der Waals surface area (Å²) in [4.78, 5) is 6.67. The summed E-state index contributed by atoms with van der Waals surface area (Å²) in [6, 6.07) is 10.4. The molecule has 0 radical (unpaired) electrons. The first-order valence-electron chi connectivity index (χ1n) is 6.62. The predicted molar refractivity (Wildman–Crippen MR) is 81.4 cm³/mol. The minimum Gasteiger partial charge on any atom is -0.462 e. The van der Waals surface area contributed by atoms with Crippen molar-refractivity contribution in [3.63, 3.8) is 0 Å². The molecule has 0 fully saturated rings. The molecule has 3 aromatic rings. The van der Waals surface area contributed by atoms with Gasteiger partial charge >= 0.3 is 0 Å². The quantitative estimate of drug-likeness (QED) is 0.708. The van der Waals surface area contributed by atoms with Gasteiger partial charge in [-0.15, -0.1) is 11.3 Å². The number of hydrogen-bond acceptors (Lipinski definition) is 4. The molecule has 0 aliphatic rings. The number of thiazole rings is 1. The van der Waals surface area contributed by atoms with E-state index in [1.54, 1.807) is 29.7 Å². The number of rotatable bonds is 5. The Kier molecular flexibility index (Phi) is 4.13. The Bertz CT molecular complexity index is 709. The zero-order valence-corrected chi connectivity index (χ0v) is 12.4. The van der Waals surface area contributed by atoms with E-state index in [-0.39, 0.29) is 5.82 Å². The molecule has 3 nitrogen and oxygen atoms in total. The van der Waals surface area contributed by atoms with Gasteiger partial charge in [-0.05, 0) is 36.9 Å². The highest BCUT2D eigenvalue weighted by atomic mass is 32.1. The Hall–Kier alpha value is -1.98. The van der Waals surface area contributed by atoms with E-state index in [1.165, 1.54) is 6.07 Å². The Balaban J connectivity index is 1.64. The van der Waals surface area contributed by atoms with Crippen LogP contribution in [-0.2, 0) is 13.1 Å².